The second-order valence-electron chi connectivity index (χ2n) is 10.6. The Balaban J connectivity index is 1.57. The SMILES string of the molecule is CC(C)c1nnc(CONC(=O)c2c(N)nc(-c3cccc(C#N)c3)nc2O[C@H]2CCOC2)n1C(=O)OC(C)(C)C. The molecule has 1 atom stereocenters. The summed E-state index contributed by atoms with van der Waals surface area (Å²) in [4.78, 5) is 40.2. The summed E-state index contributed by atoms with van der Waals surface area (Å²) in [6, 6.07) is 8.72. The average Bonchev–Trinajstić information content (AvgIpc) is 3.57. The van der Waals surface area contributed by atoms with Crippen molar-refractivity contribution in [3.05, 3.63) is 47.0 Å². The van der Waals surface area contributed by atoms with Gasteiger partial charge in [0, 0.05) is 17.9 Å². The Morgan fingerprint density at radius 3 is 2.71 bits per heavy atom. The van der Waals surface area contributed by atoms with E-state index < -0.39 is 17.6 Å². The molecule has 3 N–H and O–H groups in total. The fraction of sp³-hybridized carbons (Fsp3) is 0.444. The molecule has 14 heteroatoms. The highest BCUT2D eigenvalue weighted by Gasteiger charge is 2.28. The minimum absolute atomic E-state index is 0.0644. The molecule has 0 unspecified atom stereocenters. The minimum atomic E-state index is -0.777. The van der Waals surface area contributed by atoms with Crippen LogP contribution >= 0.6 is 0 Å². The zero-order chi connectivity index (χ0) is 29.7. The van der Waals surface area contributed by atoms with Gasteiger partial charge in [0.25, 0.3) is 5.91 Å². The molecule has 2 aromatic heterocycles. The number of hydrogen-bond acceptors (Lipinski definition) is 12. The average molecular weight is 565 g/mol. The van der Waals surface area contributed by atoms with Crippen molar-refractivity contribution >= 4 is 17.8 Å². The summed E-state index contributed by atoms with van der Waals surface area (Å²) in [5.41, 5.74) is 8.55. The first kappa shape index (κ1) is 29.4. The van der Waals surface area contributed by atoms with Crippen LogP contribution in [0.4, 0.5) is 10.6 Å². The first-order valence-corrected chi connectivity index (χ1v) is 13.0. The maximum Gasteiger partial charge on any atom is 0.421 e. The number of hydroxylamine groups is 1. The maximum atomic E-state index is 13.2. The lowest BCUT2D eigenvalue weighted by Crippen LogP contribution is -2.31. The molecule has 216 valence electrons. The van der Waals surface area contributed by atoms with Gasteiger partial charge in [-0.25, -0.2) is 19.8 Å². The van der Waals surface area contributed by atoms with Gasteiger partial charge in [-0.15, -0.1) is 10.2 Å². The number of nitrogens with two attached hydrogens (primary N) is 1. The summed E-state index contributed by atoms with van der Waals surface area (Å²) in [5, 5.41) is 17.4. The van der Waals surface area contributed by atoms with Crippen molar-refractivity contribution in [1.29, 1.82) is 5.26 Å². The number of hydrogen-bond donors (Lipinski definition) is 2. The van der Waals surface area contributed by atoms with Crippen molar-refractivity contribution in [2.75, 3.05) is 18.9 Å². The van der Waals surface area contributed by atoms with Crippen LogP contribution in [0.3, 0.4) is 0 Å². The Morgan fingerprint density at radius 1 is 1.27 bits per heavy atom. The van der Waals surface area contributed by atoms with E-state index in [1.54, 1.807) is 45.0 Å². The lowest BCUT2D eigenvalue weighted by molar-refractivity contribution is 0.0179. The summed E-state index contributed by atoms with van der Waals surface area (Å²) in [6.45, 7) is 9.47. The van der Waals surface area contributed by atoms with Crippen LogP contribution in [0.25, 0.3) is 11.4 Å². The van der Waals surface area contributed by atoms with Gasteiger partial charge in [-0.05, 0) is 32.9 Å². The Hall–Kier alpha value is -4.61. The Morgan fingerprint density at radius 2 is 2.05 bits per heavy atom. The van der Waals surface area contributed by atoms with Gasteiger partial charge in [0.05, 0.1) is 24.8 Å². The van der Waals surface area contributed by atoms with Crippen molar-refractivity contribution in [3.63, 3.8) is 0 Å². The van der Waals surface area contributed by atoms with E-state index in [9.17, 15) is 14.9 Å². The van der Waals surface area contributed by atoms with Crippen molar-refractivity contribution in [3.8, 4) is 23.3 Å². The van der Waals surface area contributed by atoms with Gasteiger partial charge in [0.2, 0.25) is 5.88 Å². The van der Waals surface area contributed by atoms with E-state index in [-0.39, 0.29) is 47.5 Å². The maximum absolute atomic E-state index is 13.2. The molecular weight excluding hydrogens is 532 g/mol. The number of aromatic nitrogens is 5. The molecule has 1 fully saturated rings. The molecule has 0 saturated carbocycles. The molecule has 1 amide bonds. The van der Waals surface area contributed by atoms with E-state index in [1.165, 1.54) is 4.57 Å². The fourth-order valence-corrected chi connectivity index (χ4v) is 3.90. The molecule has 1 aromatic carbocycles. The van der Waals surface area contributed by atoms with Crippen molar-refractivity contribution in [1.82, 2.24) is 30.2 Å². The fourth-order valence-electron chi connectivity index (χ4n) is 3.90. The lowest BCUT2D eigenvalue weighted by Gasteiger charge is -2.21. The quantitative estimate of drug-likeness (QED) is 0.381. The van der Waals surface area contributed by atoms with E-state index in [0.717, 1.165) is 0 Å². The molecule has 1 aliphatic heterocycles. The summed E-state index contributed by atoms with van der Waals surface area (Å²) in [7, 11) is 0. The summed E-state index contributed by atoms with van der Waals surface area (Å²) >= 11 is 0. The highest BCUT2D eigenvalue weighted by atomic mass is 16.7. The minimum Gasteiger partial charge on any atom is -0.471 e. The van der Waals surface area contributed by atoms with E-state index in [1.807, 2.05) is 13.8 Å². The van der Waals surface area contributed by atoms with Crippen LogP contribution in [0, 0.1) is 11.3 Å². The van der Waals surface area contributed by atoms with E-state index in [0.29, 0.717) is 36.6 Å². The number of carbonyl (C=O) groups excluding carboxylic acids is 2. The van der Waals surface area contributed by atoms with Crippen LogP contribution in [0.2, 0.25) is 0 Å². The molecule has 0 radical (unpaired) electrons. The molecule has 0 bridgehead atoms. The third kappa shape index (κ3) is 7.13. The molecule has 3 aromatic rings. The smallest absolute Gasteiger partial charge is 0.421 e. The highest BCUT2D eigenvalue weighted by Crippen LogP contribution is 2.28. The van der Waals surface area contributed by atoms with E-state index in [2.05, 4.69) is 31.7 Å². The number of anilines is 1. The first-order valence-electron chi connectivity index (χ1n) is 13.0. The highest BCUT2D eigenvalue weighted by molar-refractivity contribution is 6.00. The van der Waals surface area contributed by atoms with Gasteiger partial charge in [-0.3, -0.25) is 9.63 Å². The van der Waals surface area contributed by atoms with Crippen LogP contribution in [-0.2, 0) is 20.9 Å². The number of ether oxygens (including phenoxy) is 3. The van der Waals surface area contributed by atoms with Crippen LogP contribution in [0.15, 0.2) is 24.3 Å². The summed E-state index contributed by atoms with van der Waals surface area (Å²) < 4.78 is 18.1. The zero-order valence-electron chi connectivity index (χ0n) is 23.5. The third-order valence-corrected chi connectivity index (χ3v) is 5.76. The van der Waals surface area contributed by atoms with Crippen LogP contribution in [0.1, 0.15) is 74.5 Å². The number of nitrogens with zero attached hydrogens (tertiary/aromatic N) is 6. The normalized spacial score (nSPS) is 15.0. The van der Waals surface area contributed by atoms with Crippen LogP contribution < -0.4 is 16.0 Å². The second kappa shape index (κ2) is 12.3. The van der Waals surface area contributed by atoms with Gasteiger partial charge >= 0.3 is 6.09 Å². The number of amides is 1. The van der Waals surface area contributed by atoms with Gasteiger partial charge in [0.1, 0.15) is 35.5 Å². The Kier molecular flexibility index (Phi) is 8.80. The predicted molar refractivity (Wildman–Crippen MR) is 144 cm³/mol. The number of carbonyl (C=O) groups is 2. The number of nitrogens with one attached hydrogen (secondary N) is 1. The number of nitrogen functional groups attached to an aromatic ring is 1. The van der Waals surface area contributed by atoms with Crippen molar-refractivity contribution in [2.24, 2.45) is 0 Å². The van der Waals surface area contributed by atoms with Gasteiger partial charge < -0.3 is 19.9 Å². The largest absolute Gasteiger partial charge is 0.471 e. The number of nitriles is 1. The number of benzene rings is 1. The molecule has 1 saturated heterocycles. The molecule has 1 aliphatic rings. The van der Waals surface area contributed by atoms with Gasteiger partial charge in [0.15, 0.2) is 11.6 Å². The zero-order valence-corrected chi connectivity index (χ0v) is 23.5. The standard InChI is InChI=1S/C27H32N8O6/c1-15(2)23-33-32-19(35(23)26(37)41-27(3,4)5)14-39-34-24(36)20-21(29)30-22(17-8-6-7-16(11-17)12-28)31-25(20)40-18-9-10-38-13-18/h6-8,11,15,18H,9-10,13-14H2,1-5H3,(H,34,36)(H2,29,30,31)/t18-/m0/s1. The van der Waals surface area contributed by atoms with Gasteiger partial charge in [-0.1, -0.05) is 26.0 Å². The molecule has 0 aliphatic carbocycles. The summed E-state index contributed by atoms with van der Waals surface area (Å²) in [6.07, 6.45) is -0.421. The Bertz CT molecular complexity index is 1470. The molecule has 4 rings (SSSR count). The lowest BCUT2D eigenvalue weighted by atomic mass is 10.1. The second-order valence-corrected chi connectivity index (χ2v) is 10.6. The van der Waals surface area contributed by atoms with E-state index in [4.69, 9.17) is 24.8 Å². The van der Waals surface area contributed by atoms with Crippen LogP contribution in [-0.4, -0.2) is 61.7 Å². The van der Waals surface area contributed by atoms with Crippen molar-refractivity contribution < 1.29 is 28.6 Å². The first-order chi connectivity index (χ1) is 19.5. The van der Waals surface area contributed by atoms with Crippen molar-refractivity contribution in [2.45, 2.75) is 65.3 Å². The monoisotopic (exact) mass is 564 g/mol. The van der Waals surface area contributed by atoms with Crippen LogP contribution in [0.5, 0.6) is 5.88 Å². The topological polar surface area (TPSA) is 189 Å². The molecule has 14 nitrogen and oxygen atoms in total. The van der Waals surface area contributed by atoms with Gasteiger partial charge in [-0.2, -0.15) is 10.2 Å². The summed E-state index contributed by atoms with van der Waals surface area (Å²) in [5.74, 6) is -0.454. The third-order valence-electron chi connectivity index (χ3n) is 5.76. The Labute approximate surface area is 236 Å². The predicted octanol–water partition coefficient (Wildman–Crippen LogP) is 3.12. The number of rotatable bonds is 8. The molecule has 0 spiro atoms. The molecule has 3 heterocycles. The molecule has 41 heavy (non-hydrogen) atoms. The van der Waals surface area contributed by atoms with E-state index >= 15 is 0 Å². The molecular formula is C27H32N8O6.